The Hall–Kier alpha value is -0.510. The molecule has 1 atom stereocenters. The van der Waals surface area contributed by atoms with Crippen molar-refractivity contribution in [1.82, 2.24) is 9.43 Å². The lowest BCUT2D eigenvalue weighted by Gasteiger charge is -2.22. The number of alkyl halides is 1. The molecule has 0 spiro atoms. The Balaban J connectivity index is 2.58. The van der Waals surface area contributed by atoms with E-state index in [4.69, 9.17) is 11.8 Å². The molecule has 0 aromatic carbocycles. The summed E-state index contributed by atoms with van der Waals surface area (Å²) in [7, 11) is 0. The molecular weight excluding hydrogens is 157 g/mol. The molecule has 1 rings (SSSR count). The Morgan fingerprint density at radius 1 is 1.70 bits per heavy atom. The van der Waals surface area contributed by atoms with Gasteiger partial charge >= 0.3 is 0 Å². The SMILES string of the molecule is CC(C)N1N=CN(Cl)C1F. The molecule has 0 N–H and O–H groups in total. The first kappa shape index (κ1) is 7.60. The zero-order valence-electron chi connectivity index (χ0n) is 5.83. The number of nitrogens with zero attached hydrogens (tertiary/aromatic N) is 3. The van der Waals surface area contributed by atoms with Gasteiger partial charge in [-0.1, -0.05) is 0 Å². The van der Waals surface area contributed by atoms with Gasteiger partial charge in [0.2, 0.25) is 0 Å². The molecule has 1 aliphatic rings. The lowest BCUT2D eigenvalue weighted by molar-refractivity contribution is 0.0281. The maximum atomic E-state index is 12.8. The van der Waals surface area contributed by atoms with E-state index in [9.17, 15) is 4.39 Å². The normalized spacial score (nSPS) is 25.1. The summed E-state index contributed by atoms with van der Waals surface area (Å²) in [5, 5.41) is 5.01. The highest BCUT2D eigenvalue weighted by atomic mass is 35.5. The second-order valence-electron chi connectivity index (χ2n) is 2.36. The second-order valence-corrected chi connectivity index (χ2v) is 2.75. The predicted octanol–water partition coefficient (Wildman–Crippen LogP) is 1.36. The van der Waals surface area contributed by atoms with Gasteiger partial charge in [-0.25, -0.2) is 9.43 Å². The Labute approximate surface area is 64.2 Å². The van der Waals surface area contributed by atoms with Gasteiger partial charge in [-0.15, -0.1) is 0 Å². The van der Waals surface area contributed by atoms with E-state index >= 15 is 0 Å². The largest absolute Gasteiger partial charge is 0.279 e. The summed E-state index contributed by atoms with van der Waals surface area (Å²) in [6, 6.07) is 0.0370. The molecule has 1 aliphatic heterocycles. The van der Waals surface area contributed by atoms with Crippen LogP contribution in [-0.2, 0) is 0 Å². The fraction of sp³-hybridized carbons (Fsp3) is 0.800. The van der Waals surface area contributed by atoms with Crippen LogP contribution in [0.4, 0.5) is 4.39 Å². The molecule has 1 heterocycles. The monoisotopic (exact) mass is 165 g/mol. The van der Waals surface area contributed by atoms with Crippen LogP contribution >= 0.6 is 11.8 Å². The minimum Gasteiger partial charge on any atom is -0.241 e. The van der Waals surface area contributed by atoms with E-state index in [0.29, 0.717) is 0 Å². The van der Waals surface area contributed by atoms with Gasteiger partial charge in [0.25, 0.3) is 6.42 Å². The molecule has 3 nitrogen and oxygen atoms in total. The van der Waals surface area contributed by atoms with E-state index in [1.807, 2.05) is 13.8 Å². The van der Waals surface area contributed by atoms with Gasteiger partial charge in [0.05, 0.1) is 0 Å². The first-order valence-corrected chi connectivity index (χ1v) is 3.37. The number of hydrogen-bond donors (Lipinski definition) is 0. The summed E-state index contributed by atoms with van der Waals surface area (Å²) < 4.78 is 13.7. The van der Waals surface area contributed by atoms with Crippen molar-refractivity contribution in [2.24, 2.45) is 5.10 Å². The molecule has 0 aromatic rings. The minimum atomic E-state index is -1.32. The molecular formula is C5H9ClFN3. The quantitative estimate of drug-likeness (QED) is 0.432. The number of rotatable bonds is 1. The van der Waals surface area contributed by atoms with Crippen LogP contribution in [0, 0.1) is 0 Å². The third-order valence-electron chi connectivity index (χ3n) is 1.25. The standard InChI is InChI=1S/C5H9ClFN3/c1-4(2)10-5(7)9(6)3-8-10/h3-5H,1-2H3. The van der Waals surface area contributed by atoms with Gasteiger partial charge in [0.1, 0.15) is 6.34 Å². The molecule has 0 bridgehead atoms. The van der Waals surface area contributed by atoms with E-state index in [2.05, 4.69) is 5.10 Å². The van der Waals surface area contributed by atoms with Crippen LogP contribution in [0.1, 0.15) is 13.8 Å². The Kier molecular flexibility index (Phi) is 1.99. The third-order valence-corrected chi connectivity index (χ3v) is 1.49. The highest BCUT2D eigenvalue weighted by Gasteiger charge is 2.27. The van der Waals surface area contributed by atoms with E-state index in [1.54, 1.807) is 0 Å². The van der Waals surface area contributed by atoms with Crippen molar-refractivity contribution in [2.45, 2.75) is 26.3 Å². The Morgan fingerprint density at radius 2 is 2.30 bits per heavy atom. The molecule has 10 heavy (non-hydrogen) atoms. The van der Waals surface area contributed by atoms with Crippen LogP contribution in [0.3, 0.4) is 0 Å². The van der Waals surface area contributed by atoms with Crippen LogP contribution in [0.5, 0.6) is 0 Å². The van der Waals surface area contributed by atoms with Crippen LogP contribution in [0.15, 0.2) is 5.10 Å². The fourth-order valence-corrected chi connectivity index (χ4v) is 0.840. The van der Waals surface area contributed by atoms with Crippen molar-refractivity contribution in [3.8, 4) is 0 Å². The average molecular weight is 166 g/mol. The number of halogens is 2. The molecule has 5 heteroatoms. The molecule has 1 unspecified atom stereocenters. The average Bonchev–Trinajstić information content (AvgIpc) is 2.14. The summed E-state index contributed by atoms with van der Waals surface area (Å²) in [4.78, 5) is 0. The fourth-order valence-electron chi connectivity index (χ4n) is 0.711. The molecule has 0 aliphatic carbocycles. The molecule has 0 fully saturated rings. The minimum absolute atomic E-state index is 0.0370. The summed E-state index contributed by atoms with van der Waals surface area (Å²) in [6.45, 7) is 3.69. The second kappa shape index (κ2) is 2.62. The summed E-state index contributed by atoms with van der Waals surface area (Å²) in [5.74, 6) is 0. The topological polar surface area (TPSA) is 18.8 Å². The zero-order chi connectivity index (χ0) is 7.72. The molecule has 0 aromatic heterocycles. The van der Waals surface area contributed by atoms with Crippen molar-refractivity contribution in [3.63, 3.8) is 0 Å². The maximum absolute atomic E-state index is 12.8. The van der Waals surface area contributed by atoms with E-state index in [1.165, 1.54) is 11.3 Å². The van der Waals surface area contributed by atoms with Gasteiger partial charge in [-0.05, 0) is 13.8 Å². The van der Waals surface area contributed by atoms with E-state index in [0.717, 1.165) is 4.42 Å². The molecule has 0 saturated carbocycles. The maximum Gasteiger partial charge on any atom is 0.279 e. The van der Waals surface area contributed by atoms with Crippen molar-refractivity contribution in [1.29, 1.82) is 0 Å². The molecule has 0 radical (unpaired) electrons. The third kappa shape index (κ3) is 1.16. The van der Waals surface area contributed by atoms with Gasteiger partial charge in [0, 0.05) is 17.8 Å². The van der Waals surface area contributed by atoms with Crippen LogP contribution in [-0.4, -0.2) is 28.2 Å². The molecule has 0 saturated heterocycles. The summed E-state index contributed by atoms with van der Waals surface area (Å²) in [6.07, 6.45) is -0.0617. The van der Waals surface area contributed by atoms with Gasteiger partial charge in [-0.2, -0.15) is 9.49 Å². The summed E-state index contributed by atoms with van der Waals surface area (Å²) >= 11 is 5.37. The van der Waals surface area contributed by atoms with Crippen molar-refractivity contribution < 1.29 is 4.39 Å². The lowest BCUT2D eigenvalue weighted by atomic mass is 10.4. The van der Waals surface area contributed by atoms with Crippen LogP contribution in [0.2, 0.25) is 0 Å². The van der Waals surface area contributed by atoms with E-state index in [-0.39, 0.29) is 6.04 Å². The first-order valence-electron chi connectivity index (χ1n) is 3.03. The smallest absolute Gasteiger partial charge is 0.241 e. The Morgan fingerprint density at radius 3 is 2.50 bits per heavy atom. The van der Waals surface area contributed by atoms with Crippen molar-refractivity contribution >= 4 is 18.1 Å². The van der Waals surface area contributed by atoms with Gasteiger partial charge in [0.15, 0.2) is 0 Å². The summed E-state index contributed by atoms with van der Waals surface area (Å²) in [5.41, 5.74) is 0. The lowest BCUT2D eigenvalue weighted by Crippen LogP contribution is -2.35. The Bertz CT molecular complexity index is 150. The first-order chi connectivity index (χ1) is 4.63. The predicted molar refractivity (Wildman–Crippen MR) is 38.1 cm³/mol. The molecule has 58 valence electrons. The molecule has 0 amide bonds. The van der Waals surface area contributed by atoms with Crippen molar-refractivity contribution in [2.75, 3.05) is 0 Å². The zero-order valence-corrected chi connectivity index (χ0v) is 6.59. The van der Waals surface area contributed by atoms with Crippen molar-refractivity contribution in [3.05, 3.63) is 0 Å². The van der Waals surface area contributed by atoms with Gasteiger partial charge in [-0.3, -0.25) is 0 Å². The highest BCUT2D eigenvalue weighted by molar-refractivity contribution is 6.19. The number of hydrogen-bond acceptors (Lipinski definition) is 3. The van der Waals surface area contributed by atoms with Gasteiger partial charge < -0.3 is 0 Å². The van der Waals surface area contributed by atoms with E-state index < -0.39 is 6.42 Å². The highest BCUT2D eigenvalue weighted by Crippen LogP contribution is 2.17. The number of hydrazone groups is 1. The van der Waals surface area contributed by atoms with Crippen LogP contribution in [0.25, 0.3) is 0 Å². The van der Waals surface area contributed by atoms with Crippen LogP contribution < -0.4 is 0 Å².